The van der Waals surface area contributed by atoms with E-state index >= 15 is 0 Å². The molecule has 1 amide bonds. The molecule has 0 bridgehead atoms. The van der Waals surface area contributed by atoms with E-state index in [9.17, 15) is 19.7 Å². The van der Waals surface area contributed by atoms with Gasteiger partial charge < -0.3 is 10.1 Å². The lowest BCUT2D eigenvalue weighted by atomic mass is 9.87. The van der Waals surface area contributed by atoms with Gasteiger partial charge in [-0.3, -0.25) is 14.9 Å². The number of ether oxygens (including phenoxy) is 1. The smallest absolute Gasteiger partial charge is 0.345 e. The van der Waals surface area contributed by atoms with Crippen LogP contribution in [0, 0.1) is 10.1 Å². The van der Waals surface area contributed by atoms with Gasteiger partial charge >= 0.3 is 5.97 Å². The molecule has 0 aromatic heterocycles. The maximum absolute atomic E-state index is 12.3. The minimum Gasteiger partial charge on any atom is -0.449 e. The van der Waals surface area contributed by atoms with E-state index in [1.807, 2.05) is 12.1 Å². The van der Waals surface area contributed by atoms with Crippen LogP contribution in [0.5, 0.6) is 0 Å². The monoisotopic (exact) mass is 370 g/mol. The Hall–Kier alpha value is -3.22. The van der Waals surface area contributed by atoms with Gasteiger partial charge in [0.05, 0.1) is 4.92 Å². The first-order chi connectivity index (χ1) is 12.6. The van der Waals surface area contributed by atoms with Crippen LogP contribution in [0.4, 0.5) is 11.4 Å². The van der Waals surface area contributed by atoms with Crippen LogP contribution < -0.4 is 5.32 Å². The number of nitrogens with zero attached hydrogens (tertiary/aromatic N) is 1. The van der Waals surface area contributed by atoms with E-state index < -0.39 is 22.9 Å². The van der Waals surface area contributed by atoms with Crippen LogP contribution in [0.3, 0.4) is 0 Å². The molecule has 142 valence electrons. The minimum atomic E-state index is -1.11. The molecule has 7 nitrogen and oxygen atoms in total. The van der Waals surface area contributed by atoms with Crippen LogP contribution in [0.1, 0.15) is 43.6 Å². The zero-order valence-electron chi connectivity index (χ0n) is 15.7. The number of hydrogen-bond acceptors (Lipinski definition) is 5. The fourth-order valence-electron chi connectivity index (χ4n) is 2.38. The van der Waals surface area contributed by atoms with Crippen LogP contribution in [-0.4, -0.2) is 22.9 Å². The molecule has 0 saturated carbocycles. The molecule has 1 N–H and O–H groups in total. The van der Waals surface area contributed by atoms with E-state index in [-0.39, 0.29) is 16.7 Å². The predicted octanol–water partition coefficient (Wildman–Crippen LogP) is 4.08. The number of nitro groups is 1. The van der Waals surface area contributed by atoms with E-state index in [1.165, 1.54) is 31.2 Å². The third-order valence-electron chi connectivity index (χ3n) is 3.99. The molecule has 2 rings (SSSR count). The summed E-state index contributed by atoms with van der Waals surface area (Å²) in [6.45, 7) is 7.67. The Kier molecular flexibility index (Phi) is 5.95. The first-order valence-electron chi connectivity index (χ1n) is 8.45. The van der Waals surface area contributed by atoms with Crippen molar-refractivity contribution >= 4 is 23.3 Å². The van der Waals surface area contributed by atoms with E-state index in [1.54, 1.807) is 12.1 Å². The number of esters is 1. The van der Waals surface area contributed by atoms with Crippen molar-refractivity contribution in [3.8, 4) is 0 Å². The van der Waals surface area contributed by atoms with Crippen molar-refractivity contribution in [3.05, 3.63) is 69.8 Å². The average molecular weight is 370 g/mol. The summed E-state index contributed by atoms with van der Waals surface area (Å²) in [7, 11) is 0. The number of hydrogen-bond donors (Lipinski definition) is 1. The lowest BCUT2D eigenvalue weighted by Crippen LogP contribution is -2.30. The molecule has 0 spiro atoms. The fraction of sp³-hybridized carbons (Fsp3) is 0.300. The molecule has 7 heteroatoms. The summed E-state index contributed by atoms with van der Waals surface area (Å²) in [6.07, 6.45) is -1.11. The highest BCUT2D eigenvalue weighted by atomic mass is 16.6. The van der Waals surface area contributed by atoms with Crippen molar-refractivity contribution in [2.45, 2.75) is 39.2 Å². The Balaban J connectivity index is 2.04. The van der Waals surface area contributed by atoms with Gasteiger partial charge in [0, 0.05) is 11.8 Å². The molecular formula is C20H22N2O5. The molecular weight excluding hydrogens is 348 g/mol. The third-order valence-corrected chi connectivity index (χ3v) is 3.99. The number of carbonyl (C=O) groups is 2. The third kappa shape index (κ3) is 5.13. The second-order valence-electron chi connectivity index (χ2n) is 7.14. The second kappa shape index (κ2) is 7.99. The quantitative estimate of drug-likeness (QED) is 0.486. The summed E-state index contributed by atoms with van der Waals surface area (Å²) in [6, 6.07) is 12.8. The molecule has 0 radical (unpaired) electrons. The molecule has 0 fully saturated rings. The van der Waals surface area contributed by atoms with Gasteiger partial charge in [0.2, 0.25) is 0 Å². The highest BCUT2D eigenvalue weighted by Gasteiger charge is 2.25. The largest absolute Gasteiger partial charge is 0.449 e. The van der Waals surface area contributed by atoms with Crippen LogP contribution >= 0.6 is 0 Å². The Morgan fingerprint density at radius 3 is 2.22 bits per heavy atom. The summed E-state index contributed by atoms with van der Waals surface area (Å²) in [4.78, 5) is 34.8. The van der Waals surface area contributed by atoms with Crippen LogP contribution in [0.15, 0.2) is 48.5 Å². The Morgan fingerprint density at radius 1 is 1.07 bits per heavy atom. The average Bonchev–Trinajstić information content (AvgIpc) is 2.61. The van der Waals surface area contributed by atoms with Crippen molar-refractivity contribution in [2.75, 3.05) is 5.32 Å². The predicted molar refractivity (Wildman–Crippen MR) is 102 cm³/mol. The number of nitrogens with one attached hydrogen (secondary N) is 1. The number of nitro benzene ring substituents is 1. The van der Waals surface area contributed by atoms with Crippen molar-refractivity contribution in [3.63, 3.8) is 0 Å². The normalized spacial score (nSPS) is 12.1. The summed E-state index contributed by atoms with van der Waals surface area (Å²) >= 11 is 0. The van der Waals surface area contributed by atoms with Gasteiger partial charge in [0.1, 0.15) is 5.56 Å². The molecule has 27 heavy (non-hydrogen) atoms. The number of carbonyl (C=O) groups excluding carboxylic acids is 2. The molecule has 2 aromatic rings. The van der Waals surface area contributed by atoms with Crippen molar-refractivity contribution in [2.24, 2.45) is 0 Å². The fourth-order valence-corrected chi connectivity index (χ4v) is 2.38. The number of benzene rings is 2. The number of anilines is 1. The van der Waals surface area contributed by atoms with Crippen molar-refractivity contribution in [1.82, 2.24) is 0 Å². The van der Waals surface area contributed by atoms with Crippen molar-refractivity contribution in [1.29, 1.82) is 0 Å². The summed E-state index contributed by atoms with van der Waals surface area (Å²) in [5.41, 5.74) is 1.12. The molecule has 0 aliphatic heterocycles. The van der Waals surface area contributed by atoms with E-state index in [0.29, 0.717) is 5.69 Å². The van der Waals surface area contributed by atoms with Gasteiger partial charge in [-0.05, 0) is 36.1 Å². The standard InChI is InChI=1S/C20H22N2O5/c1-13(27-19(24)16-7-5-6-8-17(16)22(25)26)18(23)21-15-11-9-14(10-12-15)20(2,3)4/h5-13H,1-4H3,(H,21,23). The highest BCUT2D eigenvalue weighted by molar-refractivity contribution is 5.98. The summed E-state index contributed by atoms with van der Waals surface area (Å²) in [5, 5.41) is 13.7. The number of amides is 1. The lowest BCUT2D eigenvalue weighted by molar-refractivity contribution is -0.385. The van der Waals surface area contributed by atoms with E-state index in [4.69, 9.17) is 4.74 Å². The zero-order valence-corrected chi connectivity index (χ0v) is 15.7. The first-order valence-corrected chi connectivity index (χ1v) is 8.45. The highest BCUT2D eigenvalue weighted by Crippen LogP contribution is 2.24. The minimum absolute atomic E-state index is 0.00420. The second-order valence-corrected chi connectivity index (χ2v) is 7.14. The van der Waals surface area contributed by atoms with Gasteiger partial charge in [-0.25, -0.2) is 4.79 Å². The van der Waals surface area contributed by atoms with Crippen molar-refractivity contribution < 1.29 is 19.2 Å². The van der Waals surface area contributed by atoms with Gasteiger partial charge in [-0.15, -0.1) is 0 Å². The Bertz CT molecular complexity index is 853. The topological polar surface area (TPSA) is 98.5 Å². The van der Waals surface area contributed by atoms with E-state index in [0.717, 1.165) is 5.56 Å². The molecule has 2 aromatic carbocycles. The first kappa shape index (κ1) is 20.1. The number of rotatable bonds is 5. The Morgan fingerprint density at radius 2 is 1.67 bits per heavy atom. The van der Waals surface area contributed by atoms with Gasteiger partial charge in [0.25, 0.3) is 11.6 Å². The summed E-state index contributed by atoms with van der Waals surface area (Å²) in [5.74, 6) is -1.45. The molecule has 0 saturated heterocycles. The van der Waals surface area contributed by atoms with Gasteiger partial charge in [0.15, 0.2) is 6.10 Å². The summed E-state index contributed by atoms with van der Waals surface area (Å²) < 4.78 is 5.08. The zero-order chi connectivity index (χ0) is 20.2. The van der Waals surface area contributed by atoms with Gasteiger partial charge in [-0.1, -0.05) is 45.0 Å². The molecule has 1 atom stereocenters. The van der Waals surface area contributed by atoms with Crippen LogP contribution in [0.25, 0.3) is 0 Å². The molecule has 0 heterocycles. The maximum atomic E-state index is 12.3. The van der Waals surface area contributed by atoms with Gasteiger partial charge in [-0.2, -0.15) is 0 Å². The molecule has 1 unspecified atom stereocenters. The van der Waals surface area contributed by atoms with Crippen LogP contribution in [0.2, 0.25) is 0 Å². The number of para-hydroxylation sites is 1. The van der Waals surface area contributed by atoms with Crippen LogP contribution in [-0.2, 0) is 14.9 Å². The molecule has 0 aliphatic carbocycles. The Labute approximate surface area is 157 Å². The SMILES string of the molecule is CC(OC(=O)c1ccccc1[N+](=O)[O-])C(=O)Nc1ccc(C(C)(C)C)cc1. The van der Waals surface area contributed by atoms with E-state index in [2.05, 4.69) is 26.1 Å². The lowest BCUT2D eigenvalue weighted by Gasteiger charge is -2.19. The molecule has 0 aliphatic rings. The maximum Gasteiger partial charge on any atom is 0.345 e.